The maximum Gasteiger partial charge on any atom is 0.161 e. The van der Waals surface area contributed by atoms with Crippen LogP contribution in [0.15, 0.2) is 34.7 Å². The fourth-order valence-electron chi connectivity index (χ4n) is 3.88. The zero-order valence-electron chi connectivity index (χ0n) is 18.4. The second kappa shape index (κ2) is 12.0. The molecule has 1 aromatic heterocycles. The maximum atomic E-state index is 10.4. The van der Waals surface area contributed by atoms with E-state index in [9.17, 15) is 5.11 Å². The smallest absolute Gasteiger partial charge is 0.161 e. The Morgan fingerprint density at radius 2 is 1.80 bits per heavy atom. The molecule has 2 heterocycles. The van der Waals surface area contributed by atoms with Gasteiger partial charge < -0.3 is 29.2 Å². The number of hydrogen-bond donors (Lipinski definition) is 2. The molecule has 6 nitrogen and oxygen atoms in total. The van der Waals surface area contributed by atoms with Gasteiger partial charge in [0.25, 0.3) is 0 Å². The number of aliphatic hydroxyl groups is 1. The third-order valence-corrected chi connectivity index (χ3v) is 5.50. The van der Waals surface area contributed by atoms with E-state index in [2.05, 4.69) is 10.2 Å². The van der Waals surface area contributed by atoms with E-state index < -0.39 is 6.10 Å². The number of likely N-dealkylation sites (tertiary alicyclic amines) is 1. The summed E-state index contributed by atoms with van der Waals surface area (Å²) in [5.41, 5.74) is 1.10. The number of methoxy groups -OCH3 is 1. The number of ether oxygens (including phenoxy) is 2. The Balaban J connectivity index is 1.45. The van der Waals surface area contributed by atoms with Gasteiger partial charge in [0.05, 0.1) is 13.7 Å². The lowest BCUT2D eigenvalue weighted by atomic mass is 10.1. The first-order chi connectivity index (χ1) is 14.6. The monoisotopic (exact) mass is 416 g/mol. The number of rotatable bonds is 10. The molecule has 1 atom stereocenters. The highest BCUT2D eigenvalue weighted by Crippen LogP contribution is 2.28. The molecule has 2 aromatic rings. The van der Waals surface area contributed by atoms with Crippen LogP contribution in [0.2, 0.25) is 0 Å². The predicted octanol–water partition coefficient (Wildman–Crippen LogP) is 3.89. The zero-order chi connectivity index (χ0) is 21.2. The summed E-state index contributed by atoms with van der Waals surface area (Å²) < 4.78 is 17.0. The van der Waals surface area contributed by atoms with Gasteiger partial charge in [0.15, 0.2) is 11.5 Å². The van der Waals surface area contributed by atoms with Crippen molar-refractivity contribution in [1.29, 1.82) is 0 Å². The fraction of sp³-hybridized carbons (Fsp3) is 0.583. The molecule has 0 radical (unpaired) electrons. The Morgan fingerprint density at radius 3 is 2.50 bits per heavy atom. The number of furan rings is 1. The van der Waals surface area contributed by atoms with E-state index in [-0.39, 0.29) is 6.61 Å². The number of benzene rings is 1. The Bertz CT molecular complexity index is 753. The molecule has 0 spiro atoms. The minimum absolute atomic E-state index is 0.266. The van der Waals surface area contributed by atoms with E-state index in [4.69, 9.17) is 13.9 Å². The number of aliphatic hydroxyl groups excluding tert-OH is 1. The van der Waals surface area contributed by atoms with Crippen molar-refractivity contribution < 1.29 is 19.0 Å². The first-order valence-electron chi connectivity index (χ1n) is 11.1. The van der Waals surface area contributed by atoms with Crippen LogP contribution in [-0.4, -0.2) is 49.5 Å². The van der Waals surface area contributed by atoms with E-state index >= 15 is 0 Å². The summed E-state index contributed by atoms with van der Waals surface area (Å²) in [6.07, 6.45) is 5.86. The Kier molecular flexibility index (Phi) is 9.05. The van der Waals surface area contributed by atoms with Gasteiger partial charge in [-0.3, -0.25) is 0 Å². The molecule has 1 aliphatic rings. The van der Waals surface area contributed by atoms with Gasteiger partial charge in [0, 0.05) is 13.1 Å². The third-order valence-electron chi connectivity index (χ3n) is 5.50. The van der Waals surface area contributed by atoms with Crippen LogP contribution in [0, 0.1) is 6.92 Å². The van der Waals surface area contributed by atoms with Gasteiger partial charge in [-0.1, -0.05) is 25.3 Å². The Labute approximate surface area is 180 Å². The minimum Gasteiger partial charge on any atom is -0.493 e. The van der Waals surface area contributed by atoms with Crippen molar-refractivity contribution in [1.82, 2.24) is 10.2 Å². The van der Waals surface area contributed by atoms with Crippen LogP contribution in [0.5, 0.6) is 11.5 Å². The van der Waals surface area contributed by atoms with Gasteiger partial charge in [-0.25, -0.2) is 0 Å². The van der Waals surface area contributed by atoms with Gasteiger partial charge in [0.2, 0.25) is 0 Å². The van der Waals surface area contributed by atoms with Crippen molar-refractivity contribution in [3.8, 4) is 11.5 Å². The first kappa shape index (κ1) is 22.7. The number of nitrogens with zero attached hydrogens (tertiary/aromatic N) is 1. The summed E-state index contributed by atoms with van der Waals surface area (Å²) in [5, 5.41) is 13.8. The molecule has 6 heteroatoms. The van der Waals surface area contributed by atoms with Crippen LogP contribution in [0.25, 0.3) is 0 Å². The van der Waals surface area contributed by atoms with Crippen molar-refractivity contribution in [3.05, 3.63) is 47.4 Å². The molecule has 0 bridgehead atoms. The summed E-state index contributed by atoms with van der Waals surface area (Å²) in [6.45, 7) is 6.39. The van der Waals surface area contributed by atoms with Crippen LogP contribution in [-0.2, 0) is 13.1 Å². The van der Waals surface area contributed by atoms with Crippen molar-refractivity contribution in [2.24, 2.45) is 0 Å². The van der Waals surface area contributed by atoms with Crippen molar-refractivity contribution >= 4 is 0 Å². The third kappa shape index (κ3) is 7.35. The second-order valence-electron chi connectivity index (χ2n) is 8.13. The molecular formula is C24H36N2O4. The standard InChI is InChI=1S/C24H36N2O4/c1-19-8-10-22(30-19)16-25-15-20-9-11-23(24(14-20)28-2)29-18-21(27)17-26-12-6-4-3-5-7-13-26/h8-11,14,21,25,27H,3-7,12-13,15-18H2,1-2H3/t21-/m1/s1. The van der Waals surface area contributed by atoms with E-state index in [1.807, 2.05) is 37.3 Å². The van der Waals surface area contributed by atoms with Crippen molar-refractivity contribution in [2.45, 2.75) is 58.2 Å². The van der Waals surface area contributed by atoms with Gasteiger partial charge >= 0.3 is 0 Å². The van der Waals surface area contributed by atoms with Crippen molar-refractivity contribution in [3.63, 3.8) is 0 Å². The molecule has 166 valence electrons. The van der Waals surface area contributed by atoms with Crippen LogP contribution >= 0.6 is 0 Å². The summed E-state index contributed by atoms with van der Waals surface area (Å²) in [4.78, 5) is 2.36. The molecule has 3 rings (SSSR count). The Morgan fingerprint density at radius 1 is 1.03 bits per heavy atom. The molecule has 0 aliphatic carbocycles. The molecule has 0 amide bonds. The number of aryl methyl sites for hydroxylation is 1. The van der Waals surface area contributed by atoms with Gasteiger partial charge in [0.1, 0.15) is 24.2 Å². The highest BCUT2D eigenvalue weighted by molar-refractivity contribution is 5.43. The lowest BCUT2D eigenvalue weighted by Crippen LogP contribution is -2.37. The molecular weight excluding hydrogens is 380 g/mol. The average Bonchev–Trinajstić information content (AvgIpc) is 3.13. The molecule has 1 saturated heterocycles. The van der Waals surface area contributed by atoms with Gasteiger partial charge in [-0.15, -0.1) is 0 Å². The second-order valence-corrected chi connectivity index (χ2v) is 8.13. The summed E-state index contributed by atoms with van der Waals surface area (Å²) in [5.74, 6) is 3.19. The summed E-state index contributed by atoms with van der Waals surface area (Å²) >= 11 is 0. The van der Waals surface area contributed by atoms with Crippen LogP contribution in [0.3, 0.4) is 0 Å². The molecule has 30 heavy (non-hydrogen) atoms. The van der Waals surface area contributed by atoms with Gasteiger partial charge in [-0.2, -0.15) is 0 Å². The van der Waals surface area contributed by atoms with Crippen LogP contribution < -0.4 is 14.8 Å². The minimum atomic E-state index is -0.507. The quantitative estimate of drug-likeness (QED) is 0.612. The number of hydrogen-bond acceptors (Lipinski definition) is 6. The maximum absolute atomic E-state index is 10.4. The molecule has 0 unspecified atom stereocenters. The van der Waals surface area contributed by atoms with E-state index in [0.29, 0.717) is 31.1 Å². The van der Waals surface area contributed by atoms with E-state index in [1.165, 1.54) is 32.1 Å². The topological polar surface area (TPSA) is 67.1 Å². The normalized spacial score (nSPS) is 16.6. The van der Waals surface area contributed by atoms with Crippen molar-refractivity contribution in [2.75, 3.05) is 33.4 Å². The average molecular weight is 417 g/mol. The first-order valence-corrected chi connectivity index (χ1v) is 11.1. The highest BCUT2D eigenvalue weighted by Gasteiger charge is 2.15. The number of β-amino-alcohol motifs (C(OH)–C–C–N with tert-alkyl or cyclic N) is 1. The molecule has 1 aromatic carbocycles. The zero-order valence-corrected chi connectivity index (χ0v) is 18.4. The van der Waals surface area contributed by atoms with Gasteiger partial charge in [-0.05, 0) is 62.7 Å². The SMILES string of the molecule is COc1cc(CNCc2ccc(C)o2)ccc1OC[C@H](O)CN1CCCCCCC1. The van der Waals surface area contributed by atoms with Crippen LogP contribution in [0.1, 0.15) is 49.2 Å². The Hall–Kier alpha value is -2.02. The lowest BCUT2D eigenvalue weighted by molar-refractivity contribution is 0.0645. The van der Waals surface area contributed by atoms with E-state index in [1.54, 1.807) is 7.11 Å². The van der Waals surface area contributed by atoms with Crippen LogP contribution in [0.4, 0.5) is 0 Å². The molecule has 1 fully saturated rings. The molecule has 2 N–H and O–H groups in total. The predicted molar refractivity (Wildman–Crippen MR) is 118 cm³/mol. The summed E-state index contributed by atoms with van der Waals surface area (Å²) in [6, 6.07) is 9.85. The summed E-state index contributed by atoms with van der Waals surface area (Å²) in [7, 11) is 1.64. The highest BCUT2D eigenvalue weighted by atomic mass is 16.5. The largest absolute Gasteiger partial charge is 0.493 e. The lowest BCUT2D eigenvalue weighted by Gasteiger charge is -2.26. The van der Waals surface area contributed by atoms with E-state index in [0.717, 1.165) is 30.2 Å². The number of nitrogens with one attached hydrogen (secondary N) is 1. The molecule has 1 aliphatic heterocycles. The fourth-order valence-corrected chi connectivity index (χ4v) is 3.88. The molecule has 0 saturated carbocycles.